The minimum absolute atomic E-state index is 0.121. The summed E-state index contributed by atoms with van der Waals surface area (Å²) in [4.78, 5) is 28.1. The van der Waals surface area contributed by atoms with Crippen molar-refractivity contribution in [3.63, 3.8) is 0 Å². The molecule has 128 valence electrons. The molecule has 0 N–H and O–H groups in total. The molecular formula is C17H12ClNO5S. The van der Waals surface area contributed by atoms with Crippen molar-refractivity contribution in [1.82, 2.24) is 0 Å². The number of nitrogens with zero attached hydrogens (tertiary/aromatic N) is 1. The van der Waals surface area contributed by atoms with E-state index < -0.39 is 11.9 Å². The predicted molar refractivity (Wildman–Crippen MR) is 94.2 cm³/mol. The van der Waals surface area contributed by atoms with E-state index in [0.717, 1.165) is 4.88 Å². The molecule has 1 aromatic carbocycles. The lowest BCUT2D eigenvalue weighted by atomic mass is 10.1. The number of carbonyl (C=O) groups is 2. The second-order valence-electron chi connectivity index (χ2n) is 4.94. The van der Waals surface area contributed by atoms with Crippen LogP contribution in [0.2, 0.25) is 5.02 Å². The molecule has 0 bridgehead atoms. The molecule has 0 amide bonds. The van der Waals surface area contributed by atoms with Crippen molar-refractivity contribution in [2.75, 3.05) is 7.11 Å². The normalized spacial score (nSPS) is 15.1. The number of hydrogen-bond donors (Lipinski definition) is 0. The van der Waals surface area contributed by atoms with E-state index in [1.165, 1.54) is 31.4 Å². The highest BCUT2D eigenvalue weighted by atomic mass is 35.5. The van der Waals surface area contributed by atoms with Gasteiger partial charge in [0.2, 0.25) is 5.90 Å². The van der Waals surface area contributed by atoms with Crippen LogP contribution in [0, 0.1) is 0 Å². The number of esters is 2. The molecule has 6 nitrogen and oxygen atoms in total. The average molecular weight is 378 g/mol. The Morgan fingerprint density at radius 2 is 2.20 bits per heavy atom. The van der Waals surface area contributed by atoms with E-state index in [-0.39, 0.29) is 28.1 Å². The molecule has 3 rings (SSSR count). The summed E-state index contributed by atoms with van der Waals surface area (Å²) < 4.78 is 15.4. The standard InChI is InChI=1S/C17H12ClNO5S/c1-9(20)23-15-11(18)6-10(8-13(15)22-2)7-12-17(21)24-16(19-12)14-4-3-5-25-14/h3-8H,1-2H3/b12-7-. The zero-order valence-electron chi connectivity index (χ0n) is 13.2. The van der Waals surface area contributed by atoms with E-state index in [9.17, 15) is 9.59 Å². The van der Waals surface area contributed by atoms with Gasteiger partial charge in [0.25, 0.3) is 0 Å². The highest BCUT2D eigenvalue weighted by Gasteiger charge is 2.25. The summed E-state index contributed by atoms with van der Waals surface area (Å²) in [6.07, 6.45) is 1.52. The number of carbonyl (C=O) groups excluding carboxylic acids is 2. The highest BCUT2D eigenvalue weighted by Crippen LogP contribution is 2.37. The van der Waals surface area contributed by atoms with Crippen LogP contribution in [0.1, 0.15) is 17.4 Å². The van der Waals surface area contributed by atoms with Gasteiger partial charge < -0.3 is 14.2 Å². The van der Waals surface area contributed by atoms with Crippen LogP contribution in [0.4, 0.5) is 0 Å². The molecule has 1 aromatic heterocycles. The third-order valence-electron chi connectivity index (χ3n) is 3.15. The van der Waals surface area contributed by atoms with Gasteiger partial charge in [0.1, 0.15) is 0 Å². The minimum atomic E-state index is -0.553. The summed E-state index contributed by atoms with van der Waals surface area (Å²) >= 11 is 7.57. The second kappa shape index (κ2) is 7.08. The topological polar surface area (TPSA) is 74.2 Å². The summed E-state index contributed by atoms with van der Waals surface area (Å²) in [6.45, 7) is 1.26. The van der Waals surface area contributed by atoms with Gasteiger partial charge in [-0.25, -0.2) is 9.79 Å². The smallest absolute Gasteiger partial charge is 0.363 e. The first-order valence-corrected chi connectivity index (χ1v) is 8.36. The number of benzene rings is 1. The van der Waals surface area contributed by atoms with E-state index in [1.807, 2.05) is 17.5 Å². The molecule has 0 saturated heterocycles. The Balaban J connectivity index is 1.97. The molecule has 0 spiro atoms. The SMILES string of the molecule is COc1cc(/C=C2\N=C(c3cccs3)OC2=O)cc(Cl)c1OC(C)=O. The van der Waals surface area contributed by atoms with Crippen molar-refractivity contribution >= 4 is 46.9 Å². The van der Waals surface area contributed by atoms with Crippen molar-refractivity contribution < 1.29 is 23.8 Å². The number of methoxy groups -OCH3 is 1. The Morgan fingerprint density at radius 3 is 2.84 bits per heavy atom. The molecule has 1 aliphatic heterocycles. The van der Waals surface area contributed by atoms with Crippen LogP contribution in [0.5, 0.6) is 11.5 Å². The van der Waals surface area contributed by atoms with Gasteiger partial charge in [-0.15, -0.1) is 11.3 Å². The molecule has 2 heterocycles. The summed E-state index contributed by atoms with van der Waals surface area (Å²) in [6, 6.07) is 6.79. The Morgan fingerprint density at radius 1 is 1.40 bits per heavy atom. The largest absolute Gasteiger partial charge is 0.493 e. The van der Waals surface area contributed by atoms with Gasteiger partial charge in [0, 0.05) is 6.92 Å². The van der Waals surface area contributed by atoms with E-state index in [2.05, 4.69) is 4.99 Å². The molecule has 0 radical (unpaired) electrons. The fourth-order valence-electron chi connectivity index (χ4n) is 2.14. The molecule has 2 aromatic rings. The third-order valence-corrected chi connectivity index (χ3v) is 4.29. The number of ether oxygens (including phenoxy) is 3. The molecular weight excluding hydrogens is 366 g/mol. The lowest BCUT2D eigenvalue weighted by Crippen LogP contribution is -2.04. The third kappa shape index (κ3) is 3.72. The second-order valence-corrected chi connectivity index (χ2v) is 6.30. The highest BCUT2D eigenvalue weighted by molar-refractivity contribution is 7.12. The van der Waals surface area contributed by atoms with E-state index in [4.69, 9.17) is 25.8 Å². The van der Waals surface area contributed by atoms with Gasteiger partial charge in [0.05, 0.1) is 17.0 Å². The molecule has 0 saturated carbocycles. The molecule has 0 atom stereocenters. The summed E-state index contributed by atoms with van der Waals surface area (Å²) in [5.41, 5.74) is 0.697. The van der Waals surface area contributed by atoms with E-state index in [1.54, 1.807) is 12.1 Å². The van der Waals surface area contributed by atoms with Gasteiger partial charge in [-0.1, -0.05) is 17.7 Å². The molecule has 25 heavy (non-hydrogen) atoms. The number of thiophene rings is 1. The number of hydrogen-bond acceptors (Lipinski definition) is 7. The lowest BCUT2D eigenvalue weighted by Gasteiger charge is -2.10. The molecule has 8 heteroatoms. The van der Waals surface area contributed by atoms with Gasteiger partial charge >= 0.3 is 11.9 Å². The van der Waals surface area contributed by atoms with Crippen molar-refractivity contribution in [1.29, 1.82) is 0 Å². The van der Waals surface area contributed by atoms with Crippen molar-refractivity contribution in [2.45, 2.75) is 6.92 Å². The maximum Gasteiger partial charge on any atom is 0.363 e. The summed E-state index contributed by atoms with van der Waals surface area (Å²) in [5, 5.41) is 2.04. The van der Waals surface area contributed by atoms with Crippen LogP contribution < -0.4 is 9.47 Å². The summed E-state index contributed by atoms with van der Waals surface area (Å²) in [5.74, 6) is -0.418. The monoisotopic (exact) mass is 377 g/mol. The van der Waals surface area contributed by atoms with Gasteiger partial charge in [0.15, 0.2) is 17.2 Å². The van der Waals surface area contributed by atoms with Crippen LogP contribution in [-0.2, 0) is 14.3 Å². The quantitative estimate of drug-likeness (QED) is 0.461. The fourth-order valence-corrected chi connectivity index (χ4v) is 3.05. The van der Waals surface area contributed by atoms with Crippen LogP contribution in [0.15, 0.2) is 40.3 Å². The minimum Gasteiger partial charge on any atom is -0.493 e. The number of rotatable bonds is 4. The lowest BCUT2D eigenvalue weighted by molar-refractivity contribution is -0.132. The van der Waals surface area contributed by atoms with Crippen molar-refractivity contribution in [3.05, 3.63) is 50.8 Å². The van der Waals surface area contributed by atoms with E-state index >= 15 is 0 Å². The van der Waals surface area contributed by atoms with E-state index in [0.29, 0.717) is 5.56 Å². The molecule has 0 unspecified atom stereocenters. The van der Waals surface area contributed by atoms with Crippen LogP contribution in [0.3, 0.4) is 0 Å². The Hall–Kier alpha value is -2.64. The first kappa shape index (κ1) is 17.2. The predicted octanol–water partition coefficient (Wildman–Crippen LogP) is 3.68. The number of aliphatic imine (C=N–C) groups is 1. The molecule has 0 aliphatic carbocycles. The molecule has 1 aliphatic rings. The fraction of sp³-hybridized carbons (Fsp3) is 0.118. The average Bonchev–Trinajstić information content (AvgIpc) is 3.20. The van der Waals surface area contributed by atoms with Crippen molar-refractivity contribution in [3.8, 4) is 11.5 Å². The molecule has 0 fully saturated rings. The Labute approximate surface area is 152 Å². The maximum absolute atomic E-state index is 12.0. The first-order chi connectivity index (χ1) is 12.0. The Bertz CT molecular complexity index is 902. The first-order valence-electron chi connectivity index (χ1n) is 7.10. The van der Waals surface area contributed by atoms with Crippen LogP contribution in [0.25, 0.3) is 6.08 Å². The van der Waals surface area contributed by atoms with Gasteiger partial charge in [-0.3, -0.25) is 4.79 Å². The zero-order valence-corrected chi connectivity index (χ0v) is 14.8. The number of cyclic esters (lactones) is 1. The van der Waals surface area contributed by atoms with Crippen LogP contribution in [-0.4, -0.2) is 24.9 Å². The van der Waals surface area contributed by atoms with Crippen molar-refractivity contribution in [2.24, 2.45) is 4.99 Å². The maximum atomic E-state index is 12.0. The summed E-state index contributed by atoms with van der Waals surface area (Å²) in [7, 11) is 1.42. The number of halogens is 1. The zero-order chi connectivity index (χ0) is 18.0. The van der Waals surface area contributed by atoms with Gasteiger partial charge in [-0.2, -0.15) is 0 Å². The van der Waals surface area contributed by atoms with Crippen LogP contribution >= 0.6 is 22.9 Å². The van der Waals surface area contributed by atoms with Gasteiger partial charge in [-0.05, 0) is 35.2 Å². The Kier molecular flexibility index (Phi) is 4.87.